The van der Waals surface area contributed by atoms with Crippen molar-refractivity contribution >= 4 is 34.8 Å². The molecule has 3 aromatic carbocycles. The van der Waals surface area contributed by atoms with Gasteiger partial charge in [0.2, 0.25) is 0 Å². The largest absolute Gasteiger partial charge is 0.459 e. The molecule has 4 rings (SSSR count). The highest BCUT2D eigenvalue weighted by Crippen LogP contribution is 2.39. The lowest BCUT2D eigenvalue weighted by molar-refractivity contribution is -0.133. The Kier molecular flexibility index (Phi) is 8.71. The number of aryl methyl sites for hydroxylation is 3. The molecule has 4 atom stereocenters. The van der Waals surface area contributed by atoms with Gasteiger partial charge in [-0.3, -0.25) is 4.79 Å². The summed E-state index contributed by atoms with van der Waals surface area (Å²) in [6.45, 7) is 6.62. The van der Waals surface area contributed by atoms with E-state index < -0.39 is 53.7 Å². The maximum absolute atomic E-state index is 13.2. The Labute approximate surface area is 237 Å². The fraction of sp³-hybridized carbons (Fsp3) is 0.290. The van der Waals surface area contributed by atoms with Crippen LogP contribution in [0.3, 0.4) is 0 Å². The van der Waals surface area contributed by atoms with Crippen LogP contribution in [-0.4, -0.2) is 53.7 Å². The van der Waals surface area contributed by atoms with E-state index in [2.05, 4.69) is 0 Å². The van der Waals surface area contributed by atoms with Gasteiger partial charge in [0.05, 0.1) is 16.7 Å². The first-order chi connectivity index (χ1) is 19.0. The normalized spacial score (nSPS) is 21.9. The van der Waals surface area contributed by atoms with E-state index in [0.29, 0.717) is 5.56 Å². The lowest BCUT2D eigenvalue weighted by Crippen LogP contribution is -2.53. The van der Waals surface area contributed by atoms with Crippen LogP contribution in [0.15, 0.2) is 72.8 Å². The van der Waals surface area contributed by atoms with Crippen molar-refractivity contribution in [2.45, 2.75) is 51.6 Å². The van der Waals surface area contributed by atoms with Crippen LogP contribution < -0.4 is 0 Å². The molecule has 2 unspecified atom stereocenters. The van der Waals surface area contributed by atoms with Crippen molar-refractivity contribution in [3.05, 3.63) is 106 Å². The molecule has 1 fully saturated rings. The van der Waals surface area contributed by atoms with Gasteiger partial charge in [0, 0.05) is 0 Å². The number of benzene rings is 3. The zero-order chi connectivity index (χ0) is 29.0. The third kappa shape index (κ3) is 6.41. The van der Waals surface area contributed by atoms with Crippen LogP contribution in [0.2, 0.25) is 0 Å². The molecule has 40 heavy (non-hydrogen) atoms. The number of hydrogen-bond acceptors (Lipinski definition) is 8. The average molecular weight is 565 g/mol. The highest BCUT2D eigenvalue weighted by molar-refractivity contribution is 6.64. The Morgan fingerprint density at radius 1 is 0.725 bits per heavy atom. The molecule has 1 saturated heterocycles. The maximum atomic E-state index is 13.2. The van der Waals surface area contributed by atoms with Gasteiger partial charge in [-0.2, -0.15) is 0 Å². The van der Waals surface area contributed by atoms with Gasteiger partial charge < -0.3 is 18.9 Å². The predicted molar refractivity (Wildman–Crippen MR) is 146 cm³/mol. The van der Waals surface area contributed by atoms with E-state index in [4.69, 9.17) is 30.5 Å². The Bertz CT molecular complexity index is 1400. The summed E-state index contributed by atoms with van der Waals surface area (Å²) < 4.78 is 22.9. The van der Waals surface area contributed by atoms with Gasteiger partial charge in [0.15, 0.2) is 17.8 Å². The summed E-state index contributed by atoms with van der Waals surface area (Å²) in [5.41, 5.74) is 1.73. The Balaban J connectivity index is 1.64. The van der Waals surface area contributed by atoms with E-state index in [9.17, 15) is 19.2 Å². The van der Waals surface area contributed by atoms with Crippen LogP contribution in [0.4, 0.5) is 0 Å². The lowest BCUT2D eigenvalue weighted by Gasteiger charge is -2.33. The fourth-order valence-corrected chi connectivity index (χ4v) is 4.63. The Morgan fingerprint density at radius 2 is 1.15 bits per heavy atom. The second kappa shape index (κ2) is 12.0. The number of halogens is 1. The minimum Gasteiger partial charge on any atom is -0.459 e. The lowest BCUT2D eigenvalue weighted by atomic mass is 9.92. The number of carbonyl (C=O) groups is 4. The number of hydrogen-bond donors (Lipinski definition) is 0. The van der Waals surface area contributed by atoms with Crippen molar-refractivity contribution in [1.29, 1.82) is 0 Å². The summed E-state index contributed by atoms with van der Waals surface area (Å²) in [5.74, 6) is -2.17. The molecule has 1 aliphatic rings. The molecule has 0 aliphatic carbocycles. The molecular weight excluding hydrogens is 536 g/mol. The molecule has 0 N–H and O–H groups in total. The van der Waals surface area contributed by atoms with Crippen molar-refractivity contribution in [2.75, 3.05) is 6.61 Å². The molecule has 0 amide bonds. The topological polar surface area (TPSA) is 105 Å². The molecule has 0 aromatic heterocycles. The van der Waals surface area contributed by atoms with E-state index in [1.165, 1.54) is 6.92 Å². The molecule has 0 bridgehead atoms. The van der Waals surface area contributed by atoms with E-state index in [1.807, 2.05) is 20.8 Å². The van der Waals surface area contributed by atoms with Crippen LogP contribution in [0.25, 0.3) is 0 Å². The van der Waals surface area contributed by atoms with Crippen molar-refractivity contribution < 1.29 is 38.1 Å². The highest BCUT2D eigenvalue weighted by atomic mass is 35.5. The monoisotopic (exact) mass is 564 g/mol. The van der Waals surface area contributed by atoms with E-state index in [0.717, 1.165) is 16.7 Å². The zero-order valence-corrected chi connectivity index (χ0v) is 23.3. The number of carbonyl (C=O) groups excluding carboxylic acids is 4. The van der Waals surface area contributed by atoms with Crippen LogP contribution in [0, 0.1) is 20.8 Å². The molecule has 9 heteroatoms. The molecule has 208 valence electrons. The van der Waals surface area contributed by atoms with Crippen molar-refractivity contribution in [3.8, 4) is 0 Å². The standard InChI is InChI=1S/C31H29ClO8/c1-18-5-11-21(12-6-18)28(34)37-17-24-25(39-29(35)22-13-7-19(2)8-14-22)31(4,26(38-24)27(32)33)40-30(36)23-15-9-20(3)10-16-23/h5-16,24-26H,17H2,1-4H3/t24?,25-,26?,31-/m1/s1. The van der Waals surface area contributed by atoms with Crippen molar-refractivity contribution in [2.24, 2.45) is 0 Å². The molecule has 0 radical (unpaired) electrons. The summed E-state index contributed by atoms with van der Waals surface area (Å²) >= 11 is 5.89. The minimum absolute atomic E-state index is 0.213. The Hall–Kier alpha value is -4.01. The van der Waals surface area contributed by atoms with Gasteiger partial charge in [-0.15, -0.1) is 0 Å². The third-order valence-electron chi connectivity index (χ3n) is 6.73. The van der Waals surface area contributed by atoms with Gasteiger partial charge in [-0.25, -0.2) is 14.4 Å². The van der Waals surface area contributed by atoms with Crippen molar-refractivity contribution in [1.82, 2.24) is 0 Å². The third-order valence-corrected chi connectivity index (χ3v) is 6.93. The number of esters is 3. The van der Waals surface area contributed by atoms with Crippen LogP contribution in [0.1, 0.15) is 54.7 Å². The van der Waals surface area contributed by atoms with Crippen molar-refractivity contribution in [3.63, 3.8) is 0 Å². The molecule has 0 spiro atoms. The van der Waals surface area contributed by atoms with Gasteiger partial charge >= 0.3 is 17.9 Å². The molecule has 3 aromatic rings. The first-order valence-corrected chi connectivity index (χ1v) is 13.0. The molecule has 1 heterocycles. The predicted octanol–water partition coefficient (Wildman–Crippen LogP) is 5.14. The minimum atomic E-state index is -1.85. The molecule has 0 saturated carbocycles. The maximum Gasteiger partial charge on any atom is 0.338 e. The van der Waals surface area contributed by atoms with Crippen LogP contribution in [-0.2, 0) is 23.7 Å². The Morgan fingerprint density at radius 3 is 1.60 bits per heavy atom. The number of ether oxygens (including phenoxy) is 4. The second-order valence-electron chi connectivity index (χ2n) is 9.95. The quantitative estimate of drug-likeness (QED) is 0.210. The average Bonchev–Trinajstić information content (AvgIpc) is 3.19. The van der Waals surface area contributed by atoms with Gasteiger partial charge in [-0.1, -0.05) is 53.1 Å². The summed E-state index contributed by atoms with van der Waals surface area (Å²) in [5, 5.41) is -0.969. The molecule has 8 nitrogen and oxygen atoms in total. The van der Waals surface area contributed by atoms with Gasteiger partial charge in [0.1, 0.15) is 12.7 Å². The van der Waals surface area contributed by atoms with Gasteiger partial charge in [-0.05, 0) is 75.7 Å². The summed E-state index contributed by atoms with van der Waals surface area (Å²) in [6, 6.07) is 20.0. The zero-order valence-electron chi connectivity index (χ0n) is 22.5. The SMILES string of the molecule is Cc1ccc(C(=O)OCC2OC(C(=O)Cl)[C@](C)(OC(=O)c3ccc(C)cc3)[C@@H]2OC(=O)c2ccc(C)cc2)cc1. The first kappa shape index (κ1) is 29.0. The number of rotatable bonds is 8. The summed E-state index contributed by atoms with van der Waals surface area (Å²) in [6.07, 6.45) is -4.04. The van der Waals surface area contributed by atoms with E-state index >= 15 is 0 Å². The summed E-state index contributed by atoms with van der Waals surface area (Å²) in [4.78, 5) is 51.5. The van der Waals surface area contributed by atoms with Crippen LogP contribution >= 0.6 is 11.6 Å². The first-order valence-electron chi connectivity index (χ1n) is 12.6. The molecular formula is C31H29ClO8. The van der Waals surface area contributed by atoms with E-state index in [-0.39, 0.29) is 11.1 Å². The second-order valence-corrected chi connectivity index (χ2v) is 10.3. The van der Waals surface area contributed by atoms with Crippen LogP contribution in [0.5, 0.6) is 0 Å². The van der Waals surface area contributed by atoms with Gasteiger partial charge in [0.25, 0.3) is 5.24 Å². The smallest absolute Gasteiger partial charge is 0.338 e. The molecule has 1 aliphatic heterocycles. The fourth-order valence-electron chi connectivity index (χ4n) is 4.36. The summed E-state index contributed by atoms with van der Waals surface area (Å²) in [7, 11) is 0. The highest BCUT2D eigenvalue weighted by Gasteiger charge is 2.61. The van der Waals surface area contributed by atoms with E-state index in [1.54, 1.807) is 72.8 Å².